The molecule has 0 rings (SSSR count). The third kappa shape index (κ3) is 15.7. The zero-order valence-electron chi connectivity index (χ0n) is 13.7. The van der Waals surface area contributed by atoms with Crippen LogP contribution < -0.4 is 5.73 Å². The maximum atomic E-state index is 9.81. The van der Waals surface area contributed by atoms with E-state index in [0.717, 1.165) is 19.4 Å². The second kappa shape index (κ2) is 16.7. The Kier molecular flexibility index (Phi) is 16.4. The molecule has 0 saturated heterocycles. The number of aliphatic hydroxyl groups is 1. The fourth-order valence-electron chi connectivity index (χ4n) is 2.41. The van der Waals surface area contributed by atoms with E-state index in [2.05, 4.69) is 19.1 Å². The molecule has 0 aliphatic rings. The van der Waals surface area contributed by atoms with Crippen LogP contribution in [-0.2, 0) is 0 Å². The summed E-state index contributed by atoms with van der Waals surface area (Å²) in [5, 5.41) is 9.81. The average molecular weight is 283 g/mol. The van der Waals surface area contributed by atoms with Gasteiger partial charge in [-0.05, 0) is 38.6 Å². The van der Waals surface area contributed by atoms with Gasteiger partial charge in [-0.25, -0.2) is 0 Å². The van der Waals surface area contributed by atoms with Crippen LogP contribution >= 0.6 is 0 Å². The lowest BCUT2D eigenvalue weighted by molar-refractivity contribution is 0.163. The largest absolute Gasteiger partial charge is 0.393 e. The molecule has 0 aliphatic carbocycles. The molecule has 0 radical (unpaired) electrons. The SMILES string of the molecule is CCCCCC[C@@H](O)CC=CCCCCCCCCN. The molecule has 0 aliphatic heterocycles. The number of aliphatic hydroxyl groups excluding tert-OH is 1. The lowest BCUT2D eigenvalue weighted by Gasteiger charge is -2.07. The molecule has 20 heavy (non-hydrogen) atoms. The van der Waals surface area contributed by atoms with Crippen molar-refractivity contribution in [2.24, 2.45) is 5.73 Å². The van der Waals surface area contributed by atoms with Crippen molar-refractivity contribution in [1.82, 2.24) is 0 Å². The zero-order chi connectivity index (χ0) is 14.9. The van der Waals surface area contributed by atoms with Gasteiger partial charge in [0.15, 0.2) is 0 Å². The van der Waals surface area contributed by atoms with Crippen molar-refractivity contribution in [3.8, 4) is 0 Å². The second-order valence-corrected chi connectivity index (χ2v) is 5.91. The molecule has 0 amide bonds. The van der Waals surface area contributed by atoms with Gasteiger partial charge in [0.05, 0.1) is 6.10 Å². The third-order valence-electron chi connectivity index (χ3n) is 3.79. The highest BCUT2D eigenvalue weighted by Gasteiger charge is 2.00. The Balaban J connectivity index is 3.21. The van der Waals surface area contributed by atoms with Crippen LogP contribution in [0.5, 0.6) is 0 Å². The Morgan fingerprint density at radius 2 is 1.50 bits per heavy atom. The van der Waals surface area contributed by atoms with Gasteiger partial charge in [-0.1, -0.05) is 70.4 Å². The van der Waals surface area contributed by atoms with Crippen molar-refractivity contribution in [3.05, 3.63) is 12.2 Å². The summed E-state index contributed by atoms with van der Waals surface area (Å²) in [4.78, 5) is 0. The van der Waals surface area contributed by atoms with E-state index in [1.54, 1.807) is 0 Å². The molecule has 0 bridgehead atoms. The molecule has 0 heterocycles. The van der Waals surface area contributed by atoms with Crippen LogP contribution in [0.1, 0.15) is 90.4 Å². The molecular weight excluding hydrogens is 246 g/mol. The summed E-state index contributed by atoms with van der Waals surface area (Å²) < 4.78 is 0. The van der Waals surface area contributed by atoms with Gasteiger partial charge in [-0.3, -0.25) is 0 Å². The van der Waals surface area contributed by atoms with Crippen LogP contribution in [0.4, 0.5) is 0 Å². The number of hydrogen-bond acceptors (Lipinski definition) is 2. The predicted octanol–water partition coefficient (Wildman–Crippen LogP) is 4.95. The lowest BCUT2D eigenvalue weighted by Crippen LogP contribution is -2.04. The summed E-state index contributed by atoms with van der Waals surface area (Å²) >= 11 is 0. The van der Waals surface area contributed by atoms with Crippen LogP contribution in [0.2, 0.25) is 0 Å². The van der Waals surface area contributed by atoms with E-state index >= 15 is 0 Å². The van der Waals surface area contributed by atoms with Gasteiger partial charge in [-0.15, -0.1) is 0 Å². The molecule has 0 aromatic heterocycles. The minimum atomic E-state index is -0.126. The topological polar surface area (TPSA) is 46.2 Å². The summed E-state index contributed by atoms with van der Waals surface area (Å²) in [6.07, 6.45) is 20.0. The van der Waals surface area contributed by atoms with Crippen molar-refractivity contribution in [3.63, 3.8) is 0 Å². The summed E-state index contributed by atoms with van der Waals surface area (Å²) in [7, 11) is 0. The van der Waals surface area contributed by atoms with E-state index in [0.29, 0.717) is 0 Å². The van der Waals surface area contributed by atoms with E-state index in [-0.39, 0.29) is 6.10 Å². The summed E-state index contributed by atoms with van der Waals surface area (Å²) in [6, 6.07) is 0. The summed E-state index contributed by atoms with van der Waals surface area (Å²) in [5.74, 6) is 0. The second-order valence-electron chi connectivity index (χ2n) is 5.91. The highest BCUT2D eigenvalue weighted by molar-refractivity contribution is 4.83. The van der Waals surface area contributed by atoms with E-state index < -0.39 is 0 Å². The van der Waals surface area contributed by atoms with Crippen molar-refractivity contribution >= 4 is 0 Å². The first kappa shape index (κ1) is 19.7. The maximum absolute atomic E-state index is 9.81. The Bertz CT molecular complexity index is 204. The molecule has 0 spiro atoms. The van der Waals surface area contributed by atoms with Gasteiger partial charge in [-0.2, -0.15) is 0 Å². The number of hydrogen-bond donors (Lipinski definition) is 2. The predicted molar refractivity (Wildman–Crippen MR) is 89.9 cm³/mol. The Hall–Kier alpha value is -0.340. The molecule has 0 aromatic rings. The Morgan fingerprint density at radius 1 is 0.850 bits per heavy atom. The van der Waals surface area contributed by atoms with E-state index in [1.807, 2.05) is 0 Å². The molecule has 2 nitrogen and oxygen atoms in total. The maximum Gasteiger partial charge on any atom is 0.0574 e. The molecule has 2 heteroatoms. The van der Waals surface area contributed by atoms with Gasteiger partial charge in [0.25, 0.3) is 0 Å². The molecule has 3 N–H and O–H groups in total. The average Bonchev–Trinajstić information content (AvgIpc) is 2.45. The van der Waals surface area contributed by atoms with Gasteiger partial charge in [0.2, 0.25) is 0 Å². The minimum Gasteiger partial charge on any atom is -0.393 e. The van der Waals surface area contributed by atoms with Crippen LogP contribution in [0.3, 0.4) is 0 Å². The minimum absolute atomic E-state index is 0.126. The molecule has 1 atom stereocenters. The van der Waals surface area contributed by atoms with Crippen LogP contribution in [-0.4, -0.2) is 17.8 Å². The number of unbranched alkanes of at least 4 members (excludes halogenated alkanes) is 9. The fourth-order valence-corrected chi connectivity index (χ4v) is 2.41. The normalized spacial score (nSPS) is 13.2. The molecule has 0 fully saturated rings. The Labute approximate surface area is 126 Å². The number of nitrogens with two attached hydrogens (primary N) is 1. The van der Waals surface area contributed by atoms with Crippen molar-refractivity contribution in [2.45, 2.75) is 96.5 Å². The van der Waals surface area contributed by atoms with Gasteiger partial charge in [0, 0.05) is 0 Å². The highest BCUT2D eigenvalue weighted by Crippen LogP contribution is 2.10. The molecular formula is C18H37NO. The molecule has 120 valence electrons. The van der Waals surface area contributed by atoms with E-state index in [4.69, 9.17) is 5.73 Å². The first-order chi connectivity index (χ1) is 9.81. The Morgan fingerprint density at radius 3 is 2.20 bits per heavy atom. The van der Waals surface area contributed by atoms with E-state index in [1.165, 1.54) is 70.6 Å². The van der Waals surface area contributed by atoms with Crippen molar-refractivity contribution < 1.29 is 5.11 Å². The first-order valence-corrected chi connectivity index (χ1v) is 8.84. The molecule has 0 saturated carbocycles. The van der Waals surface area contributed by atoms with Gasteiger partial charge >= 0.3 is 0 Å². The standard InChI is InChI=1S/C18H37NO/c1-2-3-4-12-15-18(20)16-13-10-8-6-5-7-9-11-14-17-19/h10,13,18,20H,2-9,11-12,14-17,19H2,1H3/t18-/m1/s1. The number of rotatable bonds is 15. The van der Waals surface area contributed by atoms with Crippen molar-refractivity contribution in [1.29, 1.82) is 0 Å². The van der Waals surface area contributed by atoms with Crippen LogP contribution in [0.25, 0.3) is 0 Å². The summed E-state index contributed by atoms with van der Waals surface area (Å²) in [6.45, 7) is 3.06. The highest BCUT2D eigenvalue weighted by atomic mass is 16.3. The fraction of sp³-hybridized carbons (Fsp3) is 0.889. The molecule has 0 unspecified atom stereocenters. The van der Waals surface area contributed by atoms with Crippen LogP contribution in [0, 0.1) is 0 Å². The monoisotopic (exact) mass is 283 g/mol. The van der Waals surface area contributed by atoms with Crippen LogP contribution in [0.15, 0.2) is 12.2 Å². The quantitative estimate of drug-likeness (QED) is 0.330. The smallest absolute Gasteiger partial charge is 0.0574 e. The van der Waals surface area contributed by atoms with Crippen molar-refractivity contribution in [2.75, 3.05) is 6.54 Å². The third-order valence-corrected chi connectivity index (χ3v) is 3.79. The van der Waals surface area contributed by atoms with Gasteiger partial charge < -0.3 is 10.8 Å². The van der Waals surface area contributed by atoms with E-state index in [9.17, 15) is 5.11 Å². The molecule has 0 aromatic carbocycles. The lowest BCUT2D eigenvalue weighted by atomic mass is 10.1. The number of allylic oxidation sites excluding steroid dienone is 1. The van der Waals surface area contributed by atoms with Gasteiger partial charge in [0.1, 0.15) is 0 Å². The summed E-state index contributed by atoms with van der Waals surface area (Å²) in [5.41, 5.74) is 5.46. The zero-order valence-corrected chi connectivity index (χ0v) is 13.7. The first-order valence-electron chi connectivity index (χ1n) is 8.84.